The maximum atomic E-state index is 12.0. The number of hydrogen-bond donors (Lipinski definition) is 5. The summed E-state index contributed by atoms with van der Waals surface area (Å²) in [5.74, 6) is -0.754. The Morgan fingerprint density at radius 2 is 1.68 bits per heavy atom. The van der Waals surface area contributed by atoms with Crippen LogP contribution in [0.1, 0.15) is 0 Å². The topological polar surface area (TPSA) is 205 Å². The highest BCUT2D eigenvalue weighted by Gasteiger charge is 2.24. The maximum absolute atomic E-state index is 12.0. The normalized spacial score (nSPS) is 12.4. The Labute approximate surface area is 196 Å². The van der Waals surface area contributed by atoms with Crippen molar-refractivity contribution < 1.29 is 31.0 Å². The van der Waals surface area contributed by atoms with E-state index in [0.29, 0.717) is 16.5 Å². The van der Waals surface area contributed by atoms with Gasteiger partial charge in [-0.3, -0.25) is 9.11 Å². The molecule has 0 saturated carbocycles. The second-order valence-electron chi connectivity index (χ2n) is 6.84. The average Bonchev–Trinajstić information content (AvgIpc) is 3.25. The third-order valence-electron chi connectivity index (χ3n) is 4.55. The molecule has 6 N–H and O–H groups in total. The first kappa shape index (κ1) is 23.5. The van der Waals surface area contributed by atoms with E-state index in [1.54, 1.807) is 30.5 Å². The molecule has 0 aliphatic carbocycles. The predicted molar refractivity (Wildman–Crippen MR) is 126 cm³/mol. The lowest BCUT2D eigenvalue weighted by molar-refractivity contribution is 0.472. The number of rotatable bonds is 6. The summed E-state index contributed by atoms with van der Waals surface area (Å²) in [6, 6.07) is 9.13. The van der Waals surface area contributed by atoms with E-state index >= 15 is 0 Å². The fourth-order valence-corrected chi connectivity index (χ4v) is 4.82. The highest BCUT2D eigenvalue weighted by Crippen LogP contribution is 2.44. The van der Waals surface area contributed by atoms with Crippen molar-refractivity contribution in [2.24, 2.45) is 10.2 Å². The first-order valence-corrected chi connectivity index (χ1v) is 12.9. The second kappa shape index (κ2) is 8.62. The molecule has 0 spiro atoms. The van der Waals surface area contributed by atoms with Crippen LogP contribution in [0.25, 0.3) is 10.8 Å². The third-order valence-corrected chi connectivity index (χ3v) is 6.93. The Bertz CT molecular complexity index is 1630. The molecule has 15 heteroatoms. The number of phenolic OH excluding ortho intramolecular Hbond substituents is 1. The zero-order valence-corrected chi connectivity index (χ0v) is 19.3. The van der Waals surface area contributed by atoms with Crippen LogP contribution in [0.5, 0.6) is 5.75 Å². The fourth-order valence-electron chi connectivity index (χ4n) is 3.06. The monoisotopic (exact) mass is 521 g/mol. The summed E-state index contributed by atoms with van der Waals surface area (Å²) in [5.41, 5.74) is 5.95. The molecule has 1 aromatic heterocycles. The van der Waals surface area contributed by atoms with Crippen molar-refractivity contribution in [2.45, 2.75) is 9.79 Å². The van der Waals surface area contributed by atoms with Crippen molar-refractivity contribution in [3.05, 3.63) is 54.0 Å². The van der Waals surface area contributed by atoms with Crippen LogP contribution >= 0.6 is 11.3 Å². The molecular formula is C19H15N5O7S3. The van der Waals surface area contributed by atoms with Crippen molar-refractivity contribution in [3.63, 3.8) is 0 Å². The highest BCUT2D eigenvalue weighted by molar-refractivity contribution is 7.86. The molecule has 12 nitrogen and oxygen atoms in total. The average molecular weight is 522 g/mol. The van der Waals surface area contributed by atoms with Crippen LogP contribution in [-0.4, -0.2) is 36.0 Å². The van der Waals surface area contributed by atoms with Crippen LogP contribution in [0.15, 0.2) is 74.1 Å². The molecule has 176 valence electrons. The van der Waals surface area contributed by atoms with Gasteiger partial charge >= 0.3 is 0 Å². The van der Waals surface area contributed by atoms with Crippen molar-refractivity contribution in [1.29, 1.82) is 0 Å². The van der Waals surface area contributed by atoms with Crippen molar-refractivity contribution >= 4 is 70.2 Å². The largest absolute Gasteiger partial charge is 0.505 e. The number of aromatic nitrogens is 1. The van der Waals surface area contributed by atoms with E-state index in [1.165, 1.54) is 11.3 Å². The molecule has 34 heavy (non-hydrogen) atoms. The number of nitrogens with two attached hydrogens (primary N) is 1. The Kier molecular flexibility index (Phi) is 5.96. The molecule has 0 saturated heterocycles. The molecule has 0 unspecified atom stereocenters. The van der Waals surface area contributed by atoms with E-state index in [-0.39, 0.29) is 16.5 Å². The van der Waals surface area contributed by atoms with Gasteiger partial charge in [-0.25, -0.2) is 4.98 Å². The van der Waals surface area contributed by atoms with Crippen LogP contribution in [0.3, 0.4) is 0 Å². The number of fused-ring (bicyclic) bond motifs is 1. The van der Waals surface area contributed by atoms with E-state index in [0.717, 1.165) is 18.2 Å². The lowest BCUT2D eigenvalue weighted by atomic mass is 10.1. The maximum Gasteiger partial charge on any atom is 0.296 e. The van der Waals surface area contributed by atoms with Crippen LogP contribution in [0, 0.1) is 0 Å². The van der Waals surface area contributed by atoms with E-state index in [2.05, 4.69) is 20.5 Å². The lowest BCUT2D eigenvalue weighted by Crippen LogP contribution is -2.02. The number of nitrogens with zero attached hydrogens (tertiary/aromatic N) is 3. The van der Waals surface area contributed by atoms with Gasteiger partial charge in [0.1, 0.15) is 10.6 Å². The zero-order chi connectivity index (χ0) is 24.7. The quantitative estimate of drug-likeness (QED) is 0.139. The van der Waals surface area contributed by atoms with Gasteiger partial charge in [-0.15, -0.1) is 16.5 Å². The Hall–Kier alpha value is -3.63. The molecule has 0 bridgehead atoms. The van der Waals surface area contributed by atoms with E-state index in [9.17, 15) is 31.0 Å². The van der Waals surface area contributed by atoms with E-state index < -0.39 is 41.5 Å². The Morgan fingerprint density at radius 3 is 2.26 bits per heavy atom. The van der Waals surface area contributed by atoms with Gasteiger partial charge in [0.2, 0.25) is 0 Å². The number of benzene rings is 3. The van der Waals surface area contributed by atoms with E-state index in [1.807, 2.05) is 5.38 Å². The molecule has 0 aliphatic heterocycles. The van der Waals surface area contributed by atoms with E-state index in [4.69, 9.17) is 5.73 Å². The molecule has 0 aliphatic rings. The number of hydrogen-bond acceptors (Lipinski definition) is 11. The number of thiazole rings is 1. The first-order valence-electron chi connectivity index (χ1n) is 9.16. The number of aromatic hydroxyl groups is 1. The van der Waals surface area contributed by atoms with Crippen molar-refractivity contribution in [2.75, 3.05) is 11.1 Å². The minimum atomic E-state index is -4.93. The number of azo groups is 1. The summed E-state index contributed by atoms with van der Waals surface area (Å²) in [6.45, 7) is 0. The SMILES string of the molecule is Nc1cc(S(=O)(=O)O)cc2cc(S(=O)(=O)O)c(N=Nc3ccc(Nc4nccs4)cc3)c(O)c12. The third kappa shape index (κ3) is 4.82. The van der Waals surface area contributed by atoms with Gasteiger partial charge in [0, 0.05) is 28.3 Å². The standard InChI is InChI=1S/C19H15N5O7S3/c20-14-9-13(33(26,27)28)7-10-8-15(34(29,30)31)17(18(25)16(10)14)24-23-12-3-1-11(2-4-12)22-19-21-5-6-32-19/h1-9,25H,20H2,(H,21,22)(H,26,27,28)(H,29,30,31). The van der Waals surface area contributed by atoms with Gasteiger partial charge in [0.05, 0.1) is 10.6 Å². The number of phenols is 1. The summed E-state index contributed by atoms with van der Waals surface area (Å²) in [5, 5.41) is 23.7. The summed E-state index contributed by atoms with van der Waals surface area (Å²) >= 11 is 1.41. The highest BCUT2D eigenvalue weighted by atomic mass is 32.2. The van der Waals surface area contributed by atoms with Crippen LogP contribution in [-0.2, 0) is 20.2 Å². The minimum Gasteiger partial charge on any atom is -0.505 e. The molecule has 4 rings (SSSR count). The molecule has 0 fully saturated rings. The predicted octanol–water partition coefficient (Wildman–Crippen LogP) is 4.24. The van der Waals surface area contributed by atoms with Crippen LogP contribution in [0.4, 0.5) is 27.9 Å². The fraction of sp³-hybridized carbons (Fsp3) is 0. The molecule has 4 aromatic rings. The molecular weight excluding hydrogens is 506 g/mol. The minimum absolute atomic E-state index is 0.142. The van der Waals surface area contributed by atoms with Gasteiger partial charge < -0.3 is 16.2 Å². The summed E-state index contributed by atoms with van der Waals surface area (Å²) < 4.78 is 65.8. The summed E-state index contributed by atoms with van der Waals surface area (Å²) in [7, 11) is -9.61. The Balaban J connectivity index is 1.79. The van der Waals surface area contributed by atoms with Crippen LogP contribution < -0.4 is 11.1 Å². The molecule has 0 amide bonds. The zero-order valence-electron chi connectivity index (χ0n) is 16.8. The Morgan fingerprint density at radius 1 is 0.971 bits per heavy atom. The van der Waals surface area contributed by atoms with Gasteiger partial charge in [-0.05, 0) is 47.9 Å². The number of nitrogens with one attached hydrogen (secondary N) is 1. The first-order chi connectivity index (χ1) is 15.9. The van der Waals surface area contributed by atoms with Crippen molar-refractivity contribution in [3.8, 4) is 5.75 Å². The lowest BCUT2D eigenvalue weighted by Gasteiger charge is -2.12. The molecule has 0 radical (unpaired) electrons. The summed E-state index contributed by atoms with van der Waals surface area (Å²) in [4.78, 5) is 2.64. The molecule has 3 aromatic carbocycles. The smallest absolute Gasteiger partial charge is 0.296 e. The number of nitrogen functional groups attached to an aromatic ring is 1. The second-order valence-corrected chi connectivity index (χ2v) is 10.5. The van der Waals surface area contributed by atoms with Crippen LogP contribution in [0.2, 0.25) is 0 Å². The number of anilines is 3. The van der Waals surface area contributed by atoms with Gasteiger partial charge in [-0.2, -0.15) is 21.9 Å². The summed E-state index contributed by atoms with van der Waals surface area (Å²) in [6.07, 6.45) is 1.65. The van der Waals surface area contributed by atoms with Gasteiger partial charge in [0.25, 0.3) is 20.2 Å². The molecule has 0 atom stereocenters. The van der Waals surface area contributed by atoms with Gasteiger partial charge in [0.15, 0.2) is 10.9 Å². The molecule has 1 heterocycles. The van der Waals surface area contributed by atoms with Gasteiger partial charge in [-0.1, -0.05) is 0 Å². The van der Waals surface area contributed by atoms with Crippen molar-refractivity contribution in [1.82, 2.24) is 4.98 Å².